The molecule has 0 bridgehead atoms. The van der Waals surface area contributed by atoms with Crippen molar-refractivity contribution >= 4 is 11.6 Å². The van der Waals surface area contributed by atoms with E-state index in [1.165, 1.54) is 16.7 Å². The lowest BCUT2D eigenvalue weighted by Crippen LogP contribution is -2.39. The predicted octanol–water partition coefficient (Wildman–Crippen LogP) is 3.68. The molecular weight excluding hydrogens is 407 g/mol. The maximum atomic E-state index is 13.5. The zero-order chi connectivity index (χ0) is 22.8. The molecule has 6 nitrogen and oxygen atoms in total. The predicted molar refractivity (Wildman–Crippen MR) is 123 cm³/mol. The highest BCUT2D eigenvalue weighted by Crippen LogP contribution is 2.23. The first kappa shape index (κ1) is 21.9. The Morgan fingerprint density at radius 3 is 2.47 bits per heavy atom. The van der Waals surface area contributed by atoms with E-state index in [9.17, 15) is 14.0 Å². The molecule has 4 rings (SSSR count). The number of fused-ring (bicyclic) bond motifs is 1. The molecule has 1 amide bonds. The number of aromatic nitrogens is 2. The van der Waals surface area contributed by atoms with E-state index >= 15 is 0 Å². The fourth-order valence-corrected chi connectivity index (χ4v) is 4.14. The van der Waals surface area contributed by atoms with Crippen LogP contribution in [0.4, 0.5) is 10.1 Å². The van der Waals surface area contributed by atoms with Crippen molar-refractivity contribution in [2.75, 3.05) is 18.4 Å². The molecule has 1 aliphatic rings. The fraction of sp³-hybridized carbons (Fsp3) is 0.320. The lowest BCUT2D eigenvalue weighted by molar-refractivity contribution is -0.116. The van der Waals surface area contributed by atoms with Crippen LogP contribution in [0.15, 0.2) is 47.3 Å². The Morgan fingerprint density at radius 2 is 1.81 bits per heavy atom. The molecule has 0 unspecified atom stereocenters. The smallest absolute Gasteiger partial charge is 0.259 e. The summed E-state index contributed by atoms with van der Waals surface area (Å²) >= 11 is 0. The first-order chi connectivity index (χ1) is 15.4. The number of amides is 1. The molecule has 0 aliphatic carbocycles. The van der Waals surface area contributed by atoms with E-state index in [1.54, 1.807) is 12.1 Å². The van der Waals surface area contributed by atoms with Crippen molar-refractivity contribution in [1.82, 2.24) is 14.5 Å². The number of carbonyl (C=O) groups is 1. The van der Waals surface area contributed by atoms with Crippen LogP contribution in [-0.4, -0.2) is 33.4 Å². The number of nitrogens with zero attached hydrogens (tertiary/aromatic N) is 3. The van der Waals surface area contributed by atoms with Crippen LogP contribution < -0.4 is 10.9 Å². The molecule has 0 fully saturated rings. The molecule has 0 saturated carbocycles. The van der Waals surface area contributed by atoms with Crippen LogP contribution >= 0.6 is 0 Å². The van der Waals surface area contributed by atoms with Gasteiger partial charge >= 0.3 is 0 Å². The minimum atomic E-state index is -0.369. The Balaban J connectivity index is 1.76. The summed E-state index contributed by atoms with van der Waals surface area (Å²) < 4.78 is 14.9. The Labute approximate surface area is 186 Å². The molecule has 166 valence electrons. The first-order valence-corrected chi connectivity index (χ1v) is 10.8. The topological polar surface area (TPSA) is 67.2 Å². The first-order valence-electron chi connectivity index (χ1n) is 10.8. The average Bonchev–Trinajstić information content (AvgIpc) is 2.78. The molecule has 7 heteroatoms. The summed E-state index contributed by atoms with van der Waals surface area (Å²) in [7, 11) is 0. The number of anilines is 1. The highest BCUT2D eigenvalue weighted by atomic mass is 19.1. The standard InChI is InChI=1S/C25H27FN4O2/c1-4-29-13-12-21-20(14-29)25(32)30(24(27-21)18-8-10-19(26)11-9-18)15-22(31)28-23-16(2)6-5-7-17(23)3/h5-11H,4,12-15H2,1-3H3,(H,28,31). The third-order valence-electron chi connectivity index (χ3n) is 5.99. The lowest BCUT2D eigenvalue weighted by atomic mass is 10.1. The maximum Gasteiger partial charge on any atom is 0.259 e. The summed E-state index contributed by atoms with van der Waals surface area (Å²) in [6.45, 7) is 7.92. The molecule has 0 radical (unpaired) electrons. The molecule has 1 aromatic heterocycles. The second-order valence-corrected chi connectivity index (χ2v) is 8.19. The van der Waals surface area contributed by atoms with Crippen LogP contribution in [0.2, 0.25) is 0 Å². The normalized spacial score (nSPS) is 13.6. The van der Waals surface area contributed by atoms with Crippen molar-refractivity contribution in [2.24, 2.45) is 0 Å². The van der Waals surface area contributed by atoms with E-state index in [0.717, 1.165) is 35.6 Å². The van der Waals surface area contributed by atoms with E-state index in [4.69, 9.17) is 4.98 Å². The van der Waals surface area contributed by atoms with Gasteiger partial charge in [0, 0.05) is 30.8 Å². The molecule has 3 aromatic rings. The number of nitrogens with one attached hydrogen (secondary N) is 1. The summed E-state index contributed by atoms with van der Waals surface area (Å²) in [4.78, 5) is 33.5. The van der Waals surface area contributed by atoms with Crippen LogP contribution in [0.25, 0.3) is 11.4 Å². The second kappa shape index (κ2) is 9.04. The van der Waals surface area contributed by atoms with Crippen molar-refractivity contribution < 1.29 is 9.18 Å². The molecule has 1 aliphatic heterocycles. The Bertz CT molecular complexity index is 1200. The van der Waals surface area contributed by atoms with Gasteiger partial charge in [-0.3, -0.25) is 19.1 Å². The highest BCUT2D eigenvalue weighted by molar-refractivity contribution is 5.92. The number of benzene rings is 2. The summed E-state index contributed by atoms with van der Waals surface area (Å²) in [5, 5.41) is 2.95. The largest absolute Gasteiger partial charge is 0.324 e. The van der Waals surface area contributed by atoms with Gasteiger partial charge in [0.05, 0.1) is 11.3 Å². The minimum Gasteiger partial charge on any atom is -0.324 e. The Kier molecular flexibility index (Phi) is 6.19. The van der Waals surface area contributed by atoms with Gasteiger partial charge < -0.3 is 5.32 Å². The number of rotatable bonds is 5. The number of para-hydroxylation sites is 1. The monoisotopic (exact) mass is 434 g/mol. The van der Waals surface area contributed by atoms with Crippen LogP contribution in [0.1, 0.15) is 29.3 Å². The van der Waals surface area contributed by atoms with Crippen molar-refractivity contribution in [3.05, 3.63) is 81.0 Å². The quantitative estimate of drug-likeness (QED) is 0.665. The summed E-state index contributed by atoms with van der Waals surface area (Å²) in [6.07, 6.45) is 0.669. The van der Waals surface area contributed by atoms with Crippen molar-refractivity contribution in [3.63, 3.8) is 0 Å². The van der Waals surface area contributed by atoms with Crippen molar-refractivity contribution in [1.29, 1.82) is 0 Å². The van der Waals surface area contributed by atoms with E-state index in [1.807, 2.05) is 32.0 Å². The van der Waals surface area contributed by atoms with Crippen LogP contribution in [0, 0.1) is 19.7 Å². The van der Waals surface area contributed by atoms with E-state index < -0.39 is 0 Å². The third-order valence-corrected chi connectivity index (χ3v) is 5.99. The Morgan fingerprint density at radius 1 is 1.12 bits per heavy atom. The van der Waals surface area contributed by atoms with Gasteiger partial charge in [-0.2, -0.15) is 0 Å². The van der Waals surface area contributed by atoms with E-state index in [-0.39, 0.29) is 23.8 Å². The van der Waals surface area contributed by atoms with Crippen molar-refractivity contribution in [2.45, 2.75) is 40.3 Å². The molecule has 2 aromatic carbocycles. The van der Waals surface area contributed by atoms with E-state index in [0.29, 0.717) is 29.9 Å². The summed E-state index contributed by atoms with van der Waals surface area (Å²) in [5.74, 6) is -0.292. The van der Waals surface area contributed by atoms with Gasteiger partial charge in [-0.1, -0.05) is 25.1 Å². The maximum absolute atomic E-state index is 13.5. The molecule has 0 spiro atoms. The molecule has 32 heavy (non-hydrogen) atoms. The van der Waals surface area contributed by atoms with E-state index in [2.05, 4.69) is 17.1 Å². The Hall–Kier alpha value is -3.32. The fourth-order valence-electron chi connectivity index (χ4n) is 4.14. The summed E-state index contributed by atoms with van der Waals surface area (Å²) in [5.41, 5.74) is 4.41. The zero-order valence-corrected chi connectivity index (χ0v) is 18.6. The zero-order valence-electron chi connectivity index (χ0n) is 18.6. The van der Waals surface area contributed by atoms with Gasteiger partial charge in [0.15, 0.2) is 0 Å². The van der Waals surface area contributed by atoms with Crippen LogP contribution in [0.5, 0.6) is 0 Å². The van der Waals surface area contributed by atoms with Gasteiger partial charge in [-0.25, -0.2) is 9.37 Å². The number of carbonyl (C=O) groups excluding carboxylic acids is 1. The summed E-state index contributed by atoms with van der Waals surface area (Å²) in [6, 6.07) is 11.6. The molecule has 2 heterocycles. The number of hydrogen-bond donors (Lipinski definition) is 1. The highest BCUT2D eigenvalue weighted by Gasteiger charge is 2.24. The number of hydrogen-bond acceptors (Lipinski definition) is 4. The third kappa shape index (κ3) is 4.34. The van der Waals surface area contributed by atoms with Gasteiger partial charge in [0.2, 0.25) is 5.91 Å². The molecule has 1 N–H and O–H groups in total. The van der Waals surface area contributed by atoms with Crippen LogP contribution in [-0.2, 0) is 24.3 Å². The molecule has 0 saturated heterocycles. The minimum absolute atomic E-state index is 0.175. The second-order valence-electron chi connectivity index (χ2n) is 8.19. The van der Waals surface area contributed by atoms with Gasteiger partial charge in [0.25, 0.3) is 5.56 Å². The van der Waals surface area contributed by atoms with Gasteiger partial charge in [-0.05, 0) is 55.8 Å². The number of halogens is 1. The molecular formula is C25H27FN4O2. The average molecular weight is 435 g/mol. The van der Waals surface area contributed by atoms with Gasteiger partial charge in [-0.15, -0.1) is 0 Å². The van der Waals surface area contributed by atoms with Crippen molar-refractivity contribution in [3.8, 4) is 11.4 Å². The number of likely N-dealkylation sites (N-methyl/N-ethyl adjacent to an activating group) is 1. The number of aryl methyl sites for hydroxylation is 2. The van der Waals surface area contributed by atoms with Gasteiger partial charge in [0.1, 0.15) is 18.2 Å². The van der Waals surface area contributed by atoms with Crippen LogP contribution in [0.3, 0.4) is 0 Å². The lowest BCUT2D eigenvalue weighted by Gasteiger charge is -2.27. The SMILES string of the molecule is CCN1CCc2nc(-c3ccc(F)cc3)n(CC(=O)Nc3c(C)cccc3C)c(=O)c2C1. The molecule has 0 atom stereocenters.